The number of hydrogen-bond acceptors (Lipinski definition) is 3. The molecular weight excluding hydrogens is 216 g/mol. The molecule has 0 bridgehead atoms. The highest BCUT2D eigenvalue weighted by Crippen LogP contribution is 2.09. The Morgan fingerprint density at radius 1 is 1.18 bits per heavy atom. The van der Waals surface area contributed by atoms with E-state index in [1.165, 1.54) is 4.57 Å². The number of nitrogens with zero attached hydrogens (tertiary/aromatic N) is 1. The highest BCUT2D eigenvalue weighted by Gasteiger charge is 2.01. The Bertz CT molecular complexity index is 558. The largest absolute Gasteiger partial charge is 0.396 e. The molecule has 0 aliphatic rings. The number of aliphatic hydroxyl groups is 1. The third-order valence-electron chi connectivity index (χ3n) is 2.59. The average Bonchev–Trinajstić information content (AvgIpc) is 2.34. The zero-order chi connectivity index (χ0) is 12.3. The van der Waals surface area contributed by atoms with Crippen LogP contribution in [0.3, 0.4) is 0 Å². The summed E-state index contributed by atoms with van der Waals surface area (Å²) in [5.41, 5.74) is 7.38. The van der Waals surface area contributed by atoms with E-state index in [-0.39, 0.29) is 17.9 Å². The minimum Gasteiger partial charge on any atom is -0.396 e. The average molecular weight is 230 g/mol. The van der Waals surface area contributed by atoms with Crippen molar-refractivity contribution in [1.29, 1.82) is 0 Å². The van der Waals surface area contributed by atoms with Gasteiger partial charge in [0.25, 0.3) is 5.56 Å². The lowest BCUT2D eigenvalue weighted by molar-refractivity contribution is 0.299. The molecule has 3 N–H and O–H groups in total. The molecule has 0 aliphatic heterocycles. The quantitative estimate of drug-likeness (QED) is 0.825. The van der Waals surface area contributed by atoms with Crippen molar-refractivity contribution in [2.24, 2.45) is 0 Å². The number of pyridine rings is 1. The third kappa shape index (κ3) is 2.37. The van der Waals surface area contributed by atoms with Crippen LogP contribution in [0, 0.1) is 0 Å². The molecule has 17 heavy (non-hydrogen) atoms. The van der Waals surface area contributed by atoms with Gasteiger partial charge in [-0.1, -0.05) is 12.1 Å². The maximum absolute atomic E-state index is 11.8. The normalized spacial score (nSPS) is 10.4. The summed E-state index contributed by atoms with van der Waals surface area (Å²) in [6, 6.07) is 10.8. The van der Waals surface area contributed by atoms with Crippen molar-refractivity contribution in [2.75, 3.05) is 12.3 Å². The van der Waals surface area contributed by atoms with E-state index in [1.807, 2.05) is 24.3 Å². The molecule has 0 unspecified atom stereocenters. The molecule has 0 aliphatic carbocycles. The Hall–Kier alpha value is -2.07. The molecule has 0 fully saturated rings. The van der Waals surface area contributed by atoms with Crippen LogP contribution in [-0.4, -0.2) is 16.3 Å². The molecule has 4 heteroatoms. The van der Waals surface area contributed by atoms with Crippen molar-refractivity contribution in [3.05, 3.63) is 58.5 Å². The molecule has 1 aromatic carbocycles. The molecule has 4 nitrogen and oxygen atoms in total. The van der Waals surface area contributed by atoms with E-state index in [0.717, 1.165) is 11.3 Å². The summed E-state index contributed by atoms with van der Waals surface area (Å²) in [6.07, 6.45) is 2.30. The standard InChI is InChI=1S/C13H14N2O2/c14-12-2-1-8-15(13(12)17)11-5-3-10(4-6-11)7-9-16/h1-6,8,16H,7,9,14H2. The number of aliphatic hydroxyl groups excluding tert-OH is 1. The molecule has 1 heterocycles. The molecule has 2 rings (SSSR count). The lowest BCUT2D eigenvalue weighted by Crippen LogP contribution is -2.20. The van der Waals surface area contributed by atoms with Crippen molar-refractivity contribution in [3.63, 3.8) is 0 Å². The van der Waals surface area contributed by atoms with Crippen LogP contribution in [0.2, 0.25) is 0 Å². The van der Waals surface area contributed by atoms with Gasteiger partial charge in [-0.2, -0.15) is 0 Å². The van der Waals surface area contributed by atoms with Crippen LogP contribution in [0.5, 0.6) is 0 Å². The van der Waals surface area contributed by atoms with Crippen molar-refractivity contribution in [3.8, 4) is 5.69 Å². The van der Waals surface area contributed by atoms with Gasteiger partial charge in [-0.25, -0.2) is 0 Å². The zero-order valence-corrected chi connectivity index (χ0v) is 9.34. The lowest BCUT2D eigenvalue weighted by atomic mass is 10.1. The second-order valence-corrected chi connectivity index (χ2v) is 3.78. The van der Waals surface area contributed by atoms with Gasteiger partial charge in [0.15, 0.2) is 0 Å². The molecule has 0 spiro atoms. The van der Waals surface area contributed by atoms with Crippen molar-refractivity contribution >= 4 is 5.69 Å². The first-order valence-corrected chi connectivity index (χ1v) is 5.39. The number of hydrogen-bond donors (Lipinski definition) is 2. The SMILES string of the molecule is Nc1cccn(-c2ccc(CCO)cc2)c1=O. The number of nitrogen functional groups attached to an aromatic ring is 1. The maximum Gasteiger partial charge on any atom is 0.278 e. The predicted molar refractivity (Wildman–Crippen MR) is 67.2 cm³/mol. The maximum atomic E-state index is 11.8. The number of nitrogens with two attached hydrogens (primary N) is 1. The predicted octanol–water partition coefficient (Wildman–Crippen LogP) is 0.954. The molecular formula is C13H14N2O2. The summed E-state index contributed by atoms with van der Waals surface area (Å²) >= 11 is 0. The fraction of sp³-hybridized carbons (Fsp3) is 0.154. The van der Waals surface area contributed by atoms with E-state index in [0.29, 0.717) is 6.42 Å². The summed E-state index contributed by atoms with van der Waals surface area (Å²) in [6.45, 7) is 0.123. The molecule has 0 atom stereocenters. The third-order valence-corrected chi connectivity index (χ3v) is 2.59. The van der Waals surface area contributed by atoms with E-state index in [4.69, 9.17) is 10.8 Å². The fourth-order valence-corrected chi connectivity index (χ4v) is 1.67. The van der Waals surface area contributed by atoms with E-state index in [1.54, 1.807) is 18.3 Å². The molecule has 0 saturated carbocycles. The Morgan fingerprint density at radius 2 is 1.88 bits per heavy atom. The Balaban J connectivity index is 2.40. The summed E-state index contributed by atoms with van der Waals surface area (Å²) in [5, 5.41) is 8.81. The van der Waals surface area contributed by atoms with E-state index >= 15 is 0 Å². The van der Waals surface area contributed by atoms with Crippen LogP contribution in [0.25, 0.3) is 5.69 Å². The van der Waals surface area contributed by atoms with E-state index in [9.17, 15) is 4.79 Å². The van der Waals surface area contributed by atoms with Crippen LogP contribution < -0.4 is 11.3 Å². The van der Waals surface area contributed by atoms with E-state index in [2.05, 4.69) is 0 Å². The summed E-state index contributed by atoms with van der Waals surface area (Å²) < 4.78 is 1.50. The number of benzene rings is 1. The van der Waals surface area contributed by atoms with Crippen molar-refractivity contribution in [1.82, 2.24) is 4.57 Å². The number of rotatable bonds is 3. The van der Waals surface area contributed by atoms with Gasteiger partial charge in [0.05, 0.1) is 5.69 Å². The molecule has 88 valence electrons. The second-order valence-electron chi connectivity index (χ2n) is 3.78. The van der Waals surface area contributed by atoms with Crippen LogP contribution in [0.4, 0.5) is 5.69 Å². The van der Waals surface area contributed by atoms with Gasteiger partial charge in [0.1, 0.15) is 0 Å². The first kappa shape index (κ1) is 11.4. The molecule has 2 aromatic rings. The van der Waals surface area contributed by atoms with Gasteiger partial charge in [-0.05, 0) is 36.2 Å². The Morgan fingerprint density at radius 3 is 2.53 bits per heavy atom. The molecule has 0 radical (unpaired) electrons. The van der Waals surface area contributed by atoms with Gasteiger partial charge in [-0.3, -0.25) is 9.36 Å². The number of anilines is 1. The Kier molecular flexibility index (Phi) is 3.25. The van der Waals surface area contributed by atoms with Gasteiger partial charge >= 0.3 is 0 Å². The van der Waals surface area contributed by atoms with Crippen LogP contribution in [0.1, 0.15) is 5.56 Å². The first-order chi connectivity index (χ1) is 8.22. The summed E-state index contributed by atoms with van der Waals surface area (Å²) in [4.78, 5) is 11.8. The molecule has 0 amide bonds. The van der Waals surface area contributed by atoms with Crippen LogP contribution in [0.15, 0.2) is 47.4 Å². The monoisotopic (exact) mass is 230 g/mol. The molecule has 1 aromatic heterocycles. The zero-order valence-electron chi connectivity index (χ0n) is 9.34. The minimum absolute atomic E-state index is 0.123. The number of aromatic nitrogens is 1. The lowest BCUT2D eigenvalue weighted by Gasteiger charge is -2.07. The summed E-state index contributed by atoms with van der Waals surface area (Å²) in [7, 11) is 0. The topological polar surface area (TPSA) is 68.2 Å². The van der Waals surface area contributed by atoms with Crippen molar-refractivity contribution < 1.29 is 5.11 Å². The summed E-state index contributed by atoms with van der Waals surface area (Å²) in [5.74, 6) is 0. The minimum atomic E-state index is -0.220. The van der Waals surface area contributed by atoms with Crippen molar-refractivity contribution in [2.45, 2.75) is 6.42 Å². The van der Waals surface area contributed by atoms with Crippen LogP contribution in [-0.2, 0) is 6.42 Å². The van der Waals surface area contributed by atoms with Gasteiger partial charge in [0.2, 0.25) is 0 Å². The highest BCUT2D eigenvalue weighted by atomic mass is 16.2. The van der Waals surface area contributed by atoms with Gasteiger partial charge in [-0.15, -0.1) is 0 Å². The van der Waals surface area contributed by atoms with Gasteiger partial charge in [0, 0.05) is 18.5 Å². The fourth-order valence-electron chi connectivity index (χ4n) is 1.67. The molecule has 0 saturated heterocycles. The first-order valence-electron chi connectivity index (χ1n) is 5.39. The Labute approximate surface area is 98.9 Å². The smallest absolute Gasteiger partial charge is 0.278 e. The second kappa shape index (κ2) is 4.84. The highest BCUT2D eigenvalue weighted by molar-refractivity contribution is 5.41. The van der Waals surface area contributed by atoms with Crippen LogP contribution >= 0.6 is 0 Å². The van der Waals surface area contributed by atoms with E-state index < -0.39 is 0 Å². The van der Waals surface area contributed by atoms with Gasteiger partial charge < -0.3 is 10.8 Å².